The van der Waals surface area contributed by atoms with Crippen molar-refractivity contribution in [3.05, 3.63) is 23.8 Å². The van der Waals surface area contributed by atoms with Gasteiger partial charge in [-0.05, 0) is 26.0 Å². The van der Waals surface area contributed by atoms with Crippen LogP contribution in [0.1, 0.15) is 13.8 Å². The third-order valence-corrected chi connectivity index (χ3v) is 1.44. The van der Waals surface area contributed by atoms with Crippen molar-refractivity contribution in [2.75, 3.05) is 5.73 Å². The minimum absolute atomic E-state index is 0.110. The van der Waals surface area contributed by atoms with Crippen molar-refractivity contribution in [3.8, 4) is 5.75 Å². The van der Waals surface area contributed by atoms with Gasteiger partial charge >= 0.3 is 0 Å². The molecule has 0 aliphatic rings. The third kappa shape index (κ3) is 2.08. The molecule has 0 aliphatic carbocycles. The lowest BCUT2D eigenvalue weighted by Crippen LogP contribution is -2.08. The number of nitrogen functional groups attached to an aromatic ring is 1. The van der Waals surface area contributed by atoms with E-state index in [0.29, 0.717) is 0 Å². The average Bonchev–Trinajstić information content (AvgIpc) is 2.06. The lowest BCUT2D eigenvalue weighted by molar-refractivity contribution is 0.228. The van der Waals surface area contributed by atoms with Gasteiger partial charge in [0.05, 0.1) is 11.8 Å². The molecule has 0 saturated heterocycles. The Morgan fingerprint density at radius 3 is 2.38 bits per heavy atom. The van der Waals surface area contributed by atoms with Gasteiger partial charge in [0, 0.05) is 0 Å². The number of hydrogen-bond donors (Lipinski definition) is 1. The van der Waals surface area contributed by atoms with Gasteiger partial charge in [-0.1, -0.05) is 0 Å². The first-order valence-electron chi connectivity index (χ1n) is 3.92. The highest BCUT2D eigenvalue weighted by Gasteiger charge is 2.13. The molecule has 2 N–H and O–H groups in total. The molecule has 13 heavy (non-hydrogen) atoms. The van der Waals surface area contributed by atoms with Crippen molar-refractivity contribution in [1.29, 1.82) is 0 Å². The first kappa shape index (κ1) is 9.77. The zero-order chi connectivity index (χ0) is 10.0. The third-order valence-electron chi connectivity index (χ3n) is 1.44. The van der Waals surface area contributed by atoms with Gasteiger partial charge < -0.3 is 10.5 Å². The lowest BCUT2D eigenvalue weighted by atomic mass is 10.3. The standard InChI is InChI=1S/C9H11F2NO/c1-5(2)13-7-4-3-6(12)8(10)9(7)11/h3-5H,12H2,1-2H3. The van der Waals surface area contributed by atoms with Crippen LogP contribution in [-0.4, -0.2) is 6.10 Å². The summed E-state index contributed by atoms with van der Waals surface area (Å²) in [6.07, 6.45) is -0.197. The second-order valence-corrected chi connectivity index (χ2v) is 2.95. The Morgan fingerprint density at radius 1 is 1.23 bits per heavy atom. The summed E-state index contributed by atoms with van der Waals surface area (Å²) in [6.45, 7) is 3.46. The maximum atomic E-state index is 13.0. The highest BCUT2D eigenvalue weighted by molar-refractivity contribution is 5.44. The van der Waals surface area contributed by atoms with Crippen LogP contribution in [0.15, 0.2) is 12.1 Å². The van der Waals surface area contributed by atoms with Crippen molar-refractivity contribution in [2.24, 2.45) is 0 Å². The van der Waals surface area contributed by atoms with Gasteiger partial charge in [0.15, 0.2) is 11.6 Å². The number of benzene rings is 1. The van der Waals surface area contributed by atoms with E-state index in [-0.39, 0.29) is 17.5 Å². The van der Waals surface area contributed by atoms with Gasteiger partial charge in [-0.15, -0.1) is 0 Å². The Balaban J connectivity index is 3.04. The van der Waals surface area contributed by atoms with Gasteiger partial charge in [0.2, 0.25) is 5.82 Å². The van der Waals surface area contributed by atoms with Gasteiger partial charge in [-0.3, -0.25) is 0 Å². The van der Waals surface area contributed by atoms with Gasteiger partial charge in [-0.2, -0.15) is 4.39 Å². The molecule has 0 heterocycles. The van der Waals surface area contributed by atoms with E-state index in [4.69, 9.17) is 10.5 Å². The fraction of sp³-hybridized carbons (Fsp3) is 0.333. The SMILES string of the molecule is CC(C)Oc1ccc(N)c(F)c1F. The average molecular weight is 187 g/mol. The molecule has 72 valence electrons. The van der Waals surface area contributed by atoms with Crippen LogP contribution in [0.2, 0.25) is 0 Å². The molecule has 2 nitrogen and oxygen atoms in total. The Bertz CT molecular complexity index is 313. The number of halogens is 2. The van der Waals surface area contributed by atoms with E-state index in [1.165, 1.54) is 12.1 Å². The zero-order valence-electron chi connectivity index (χ0n) is 7.47. The van der Waals surface area contributed by atoms with Crippen molar-refractivity contribution >= 4 is 5.69 Å². The van der Waals surface area contributed by atoms with Crippen molar-refractivity contribution in [3.63, 3.8) is 0 Å². The van der Waals surface area contributed by atoms with E-state index >= 15 is 0 Å². The quantitative estimate of drug-likeness (QED) is 0.721. The molecule has 0 amide bonds. The molecule has 0 radical (unpaired) electrons. The molecule has 0 aromatic heterocycles. The van der Waals surface area contributed by atoms with Crippen LogP contribution in [0.25, 0.3) is 0 Å². The molecule has 1 aromatic rings. The highest BCUT2D eigenvalue weighted by Crippen LogP contribution is 2.24. The molecule has 0 unspecified atom stereocenters. The van der Waals surface area contributed by atoms with Crippen LogP contribution in [0, 0.1) is 11.6 Å². The molecule has 4 heteroatoms. The van der Waals surface area contributed by atoms with Crippen LogP contribution < -0.4 is 10.5 Å². The van der Waals surface area contributed by atoms with Crippen LogP contribution in [0.4, 0.5) is 14.5 Å². The Hall–Kier alpha value is -1.32. The summed E-state index contributed by atoms with van der Waals surface area (Å²) in [5, 5.41) is 0. The highest BCUT2D eigenvalue weighted by atomic mass is 19.2. The predicted octanol–water partition coefficient (Wildman–Crippen LogP) is 2.33. The van der Waals surface area contributed by atoms with E-state index < -0.39 is 11.6 Å². The Morgan fingerprint density at radius 2 is 1.85 bits per heavy atom. The predicted molar refractivity (Wildman–Crippen MR) is 46.5 cm³/mol. The molecular weight excluding hydrogens is 176 g/mol. The van der Waals surface area contributed by atoms with E-state index in [9.17, 15) is 8.78 Å². The van der Waals surface area contributed by atoms with Gasteiger partial charge in [0.25, 0.3) is 0 Å². The maximum Gasteiger partial charge on any atom is 0.202 e. The van der Waals surface area contributed by atoms with Crippen LogP contribution >= 0.6 is 0 Å². The summed E-state index contributed by atoms with van der Waals surface area (Å²) in [5.74, 6) is -2.20. The van der Waals surface area contributed by atoms with Crippen molar-refractivity contribution in [1.82, 2.24) is 0 Å². The number of ether oxygens (including phenoxy) is 1. The minimum atomic E-state index is -1.06. The second kappa shape index (κ2) is 3.60. The van der Waals surface area contributed by atoms with E-state index in [1.54, 1.807) is 13.8 Å². The number of rotatable bonds is 2. The first-order chi connectivity index (χ1) is 6.02. The minimum Gasteiger partial charge on any atom is -0.488 e. The molecule has 1 rings (SSSR count). The molecule has 1 aromatic carbocycles. The van der Waals surface area contributed by atoms with Gasteiger partial charge in [-0.25, -0.2) is 4.39 Å². The normalized spacial score (nSPS) is 10.5. The molecule has 0 aliphatic heterocycles. The van der Waals surface area contributed by atoms with Crippen LogP contribution in [0.3, 0.4) is 0 Å². The fourth-order valence-corrected chi connectivity index (χ4v) is 0.892. The lowest BCUT2D eigenvalue weighted by Gasteiger charge is -2.11. The van der Waals surface area contributed by atoms with E-state index in [2.05, 4.69) is 0 Å². The molecule has 0 spiro atoms. The summed E-state index contributed by atoms with van der Waals surface area (Å²) in [4.78, 5) is 0. The van der Waals surface area contributed by atoms with Crippen molar-refractivity contribution < 1.29 is 13.5 Å². The number of hydrogen-bond acceptors (Lipinski definition) is 2. The monoisotopic (exact) mass is 187 g/mol. The number of anilines is 1. The summed E-state index contributed by atoms with van der Waals surface area (Å²) in [5.41, 5.74) is 4.94. The molecule has 0 fully saturated rings. The summed E-state index contributed by atoms with van der Waals surface area (Å²) < 4.78 is 30.9. The van der Waals surface area contributed by atoms with Gasteiger partial charge in [0.1, 0.15) is 0 Å². The topological polar surface area (TPSA) is 35.2 Å². The Kier molecular flexibility index (Phi) is 2.70. The van der Waals surface area contributed by atoms with Crippen LogP contribution in [-0.2, 0) is 0 Å². The Labute approximate surface area is 75.3 Å². The first-order valence-corrected chi connectivity index (χ1v) is 3.92. The smallest absolute Gasteiger partial charge is 0.202 e. The van der Waals surface area contributed by atoms with E-state index in [1.807, 2.05) is 0 Å². The van der Waals surface area contributed by atoms with E-state index in [0.717, 1.165) is 0 Å². The molecule has 0 atom stereocenters. The fourth-order valence-electron chi connectivity index (χ4n) is 0.892. The maximum absolute atomic E-state index is 13.0. The zero-order valence-corrected chi connectivity index (χ0v) is 7.47. The van der Waals surface area contributed by atoms with Crippen molar-refractivity contribution in [2.45, 2.75) is 20.0 Å². The largest absolute Gasteiger partial charge is 0.488 e. The number of nitrogens with two attached hydrogens (primary N) is 1. The van der Waals surface area contributed by atoms with Crippen LogP contribution in [0.5, 0.6) is 5.75 Å². The second-order valence-electron chi connectivity index (χ2n) is 2.95. The molecular formula is C9H11F2NO. The summed E-state index contributed by atoms with van der Waals surface area (Å²) in [7, 11) is 0. The summed E-state index contributed by atoms with van der Waals surface area (Å²) in [6, 6.07) is 2.59. The summed E-state index contributed by atoms with van der Waals surface area (Å²) >= 11 is 0. The molecule has 0 bridgehead atoms. The molecule has 0 saturated carbocycles.